The fourth-order valence-electron chi connectivity index (χ4n) is 1.81. The first-order chi connectivity index (χ1) is 8.74. The minimum Gasteiger partial charge on any atom is -0.492 e. The maximum absolute atomic E-state index is 13.3. The van der Waals surface area contributed by atoms with Gasteiger partial charge in [-0.25, -0.2) is 4.39 Å². The van der Waals surface area contributed by atoms with E-state index in [0.717, 1.165) is 16.7 Å². The largest absolute Gasteiger partial charge is 0.492 e. The van der Waals surface area contributed by atoms with E-state index in [2.05, 4.69) is 4.98 Å². The minimum absolute atomic E-state index is 0.288. The Morgan fingerprint density at radius 1 is 1.28 bits per heavy atom. The third kappa shape index (κ3) is 2.65. The zero-order chi connectivity index (χ0) is 13.0. The molecule has 0 saturated carbocycles. The second-order valence-electron chi connectivity index (χ2n) is 3.85. The Labute approximate surface area is 105 Å². The Kier molecular flexibility index (Phi) is 3.89. The second kappa shape index (κ2) is 5.60. The molecule has 2 aromatic rings. The van der Waals surface area contributed by atoms with Gasteiger partial charge in [0.15, 0.2) is 0 Å². The van der Waals surface area contributed by atoms with Gasteiger partial charge < -0.3 is 10.5 Å². The van der Waals surface area contributed by atoms with E-state index in [0.29, 0.717) is 18.9 Å². The predicted molar refractivity (Wildman–Crippen MR) is 68.7 cm³/mol. The Bertz CT molecular complexity index is 543. The number of hydrogen-bond acceptors (Lipinski definition) is 3. The van der Waals surface area contributed by atoms with Crippen LogP contribution in [0.25, 0.3) is 11.1 Å². The molecule has 0 saturated heterocycles. The molecule has 1 aromatic heterocycles. The quantitative estimate of drug-likeness (QED) is 0.902. The summed E-state index contributed by atoms with van der Waals surface area (Å²) in [5, 5.41) is 0. The second-order valence-corrected chi connectivity index (χ2v) is 3.85. The number of ether oxygens (including phenoxy) is 1. The summed E-state index contributed by atoms with van der Waals surface area (Å²) in [5.74, 6) is 0.381. The van der Waals surface area contributed by atoms with E-state index < -0.39 is 0 Å². The number of benzene rings is 1. The maximum atomic E-state index is 13.3. The van der Waals surface area contributed by atoms with Crippen molar-refractivity contribution in [3.8, 4) is 16.9 Å². The molecule has 0 bridgehead atoms. The molecular formula is C14H15FN2O. The van der Waals surface area contributed by atoms with Gasteiger partial charge in [0, 0.05) is 18.3 Å². The van der Waals surface area contributed by atoms with Crippen molar-refractivity contribution in [1.82, 2.24) is 4.98 Å². The van der Waals surface area contributed by atoms with Crippen LogP contribution in [0.4, 0.5) is 4.39 Å². The van der Waals surface area contributed by atoms with E-state index in [1.54, 1.807) is 18.5 Å². The summed E-state index contributed by atoms with van der Waals surface area (Å²) in [4.78, 5) is 4.10. The molecule has 2 N–H and O–H groups in total. The van der Waals surface area contributed by atoms with Gasteiger partial charge in [0.25, 0.3) is 0 Å². The average Bonchev–Trinajstić information content (AvgIpc) is 2.39. The molecule has 1 heterocycles. The van der Waals surface area contributed by atoms with Crippen molar-refractivity contribution in [2.45, 2.75) is 13.5 Å². The van der Waals surface area contributed by atoms with E-state index in [9.17, 15) is 4.39 Å². The van der Waals surface area contributed by atoms with Crippen LogP contribution in [-0.2, 0) is 6.54 Å². The predicted octanol–water partition coefficient (Wildman–Crippen LogP) is 2.75. The zero-order valence-electron chi connectivity index (χ0n) is 10.2. The fourth-order valence-corrected chi connectivity index (χ4v) is 1.81. The molecule has 0 fully saturated rings. The molecule has 0 spiro atoms. The van der Waals surface area contributed by atoms with E-state index in [1.807, 2.05) is 13.0 Å². The van der Waals surface area contributed by atoms with Crippen LogP contribution in [0.5, 0.6) is 5.75 Å². The summed E-state index contributed by atoms with van der Waals surface area (Å²) in [6.07, 6.45) is 3.31. The molecule has 94 valence electrons. The molecule has 0 amide bonds. The third-order valence-corrected chi connectivity index (χ3v) is 2.63. The summed E-state index contributed by atoms with van der Waals surface area (Å²) in [5.41, 5.74) is 8.10. The summed E-state index contributed by atoms with van der Waals surface area (Å²) < 4.78 is 18.7. The van der Waals surface area contributed by atoms with Gasteiger partial charge in [-0.3, -0.25) is 4.98 Å². The van der Waals surface area contributed by atoms with Crippen LogP contribution in [0.15, 0.2) is 36.7 Å². The smallest absolute Gasteiger partial charge is 0.138 e. The van der Waals surface area contributed by atoms with Gasteiger partial charge in [-0.1, -0.05) is 6.07 Å². The SMILES string of the molecule is CCOc1cncc(-c2cc(F)ccc2CN)c1. The first kappa shape index (κ1) is 12.5. The van der Waals surface area contributed by atoms with Crippen LogP contribution in [0, 0.1) is 5.82 Å². The van der Waals surface area contributed by atoms with Crippen LogP contribution >= 0.6 is 0 Å². The van der Waals surface area contributed by atoms with Gasteiger partial charge in [0.05, 0.1) is 12.8 Å². The van der Waals surface area contributed by atoms with Crippen molar-refractivity contribution >= 4 is 0 Å². The molecule has 0 atom stereocenters. The summed E-state index contributed by atoms with van der Waals surface area (Å²) in [6, 6.07) is 6.41. The van der Waals surface area contributed by atoms with Gasteiger partial charge in [-0.05, 0) is 36.2 Å². The Morgan fingerprint density at radius 2 is 2.11 bits per heavy atom. The van der Waals surface area contributed by atoms with Crippen LogP contribution < -0.4 is 10.5 Å². The number of rotatable bonds is 4. The average molecular weight is 246 g/mol. The Hall–Kier alpha value is -1.94. The highest BCUT2D eigenvalue weighted by Gasteiger charge is 2.07. The van der Waals surface area contributed by atoms with Crippen molar-refractivity contribution in [2.24, 2.45) is 5.73 Å². The number of pyridine rings is 1. The summed E-state index contributed by atoms with van der Waals surface area (Å²) in [7, 11) is 0. The topological polar surface area (TPSA) is 48.1 Å². The molecule has 3 nitrogen and oxygen atoms in total. The van der Waals surface area contributed by atoms with Crippen molar-refractivity contribution in [3.05, 3.63) is 48.0 Å². The van der Waals surface area contributed by atoms with Crippen LogP contribution in [0.2, 0.25) is 0 Å². The molecule has 2 rings (SSSR count). The summed E-state index contributed by atoms with van der Waals surface area (Å²) in [6.45, 7) is 2.83. The van der Waals surface area contributed by atoms with Gasteiger partial charge in [-0.2, -0.15) is 0 Å². The lowest BCUT2D eigenvalue weighted by Gasteiger charge is -2.09. The zero-order valence-corrected chi connectivity index (χ0v) is 10.2. The van der Waals surface area contributed by atoms with Crippen LogP contribution in [-0.4, -0.2) is 11.6 Å². The molecule has 4 heteroatoms. The van der Waals surface area contributed by atoms with Crippen molar-refractivity contribution in [3.63, 3.8) is 0 Å². The van der Waals surface area contributed by atoms with Gasteiger partial charge in [0.1, 0.15) is 11.6 Å². The van der Waals surface area contributed by atoms with Gasteiger partial charge >= 0.3 is 0 Å². The molecule has 0 aliphatic rings. The molecule has 18 heavy (non-hydrogen) atoms. The number of halogens is 1. The first-order valence-corrected chi connectivity index (χ1v) is 5.81. The monoisotopic (exact) mass is 246 g/mol. The lowest BCUT2D eigenvalue weighted by Crippen LogP contribution is -2.00. The Balaban J connectivity index is 2.47. The minimum atomic E-state index is -0.288. The van der Waals surface area contributed by atoms with E-state index >= 15 is 0 Å². The van der Waals surface area contributed by atoms with Gasteiger partial charge in [-0.15, -0.1) is 0 Å². The molecule has 1 aromatic carbocycles. The lowest BCUT2D eigenvalue weighted by atomic mass is 10.0. The number of nitrogens with two attached hydrogens (primary N) is 1. The highest BCUT2D eigenvalue weighted by molar-refractivity contribution is 5.67. The summed E-state index contributed by atoms with van der Waals surface area (Å²) >= 11 is 0. The lowest BCUT2D eigenvalue weighted by molar-refractivity contribution is 0.339. The van der Waals surface area contributed by atoms with Gasteiger partial charge in [0.2, 0.25) is 0 Å². The standard InChI is InChI=1S/C14H15FN2O/c1-2-18-13-5-11(8-17-9-13)14-6-12(15)4-3-10(14)7-16/h3-6,8-9H,2,7,16H2,1H3. The van der Waals surface area contributed by atoms with Crippen molar-refractivity contribution in [2.75, 3.05) is 6.61 Å². The number of aromatic nitrogens is 1. The van der Waals surface area contributed by atoms with Crippen molar-refractivity contribution < 1.29 is 9.13 Å². The normalized spacial score (nSPS) is 10.4. The number of hydrogen-bond donors (Lipinski definition) is 1. The molecule has 0 unspecified atom stereocenters. The molecule has 0 aliphatic heterocycles. The van der Waals surface area contributed by atoms with E-state index in [1.165, 1.54) is 12.1 Å². The van der Waals surface area contributed by atoms with Crippen molar-refractivity contribution in [1.29, 1.82) is 0 Å². The highest BCUT2D eigenvalue weighted by atomic mass is 19.1. The Morgan fingerprint density at radius 3 is 2.83 bits per heavy atom. The maximum Gasteiger partial charge on any atom is 0.138 e. The van der Waals surface area contributed by atoms with E-state index in [4.69, 9.17) is 10.5 Å². The van der Waals surface area contributed by atoms with Crippen LogP contribution in [0.1, 0.15) is 12.5 Å². The molecule has 0 aliphatic carbocycles. The van der Waals surface area contributed by atoms with E-state index in [-0.39, 0.29) is 5.82 Å². The number of nitrogens with zero attached hydrogens (tertiary/aromatic N) is 1. The highest BCUT2D eigenvalue weighted by Crippen LogP contribution is 2.26. The molecule has 0 radical (unpaired) electrons. The first-order valence-electron chi connectivity index (χ1n) is 5.81. The fraction of sp³-hybridized carbons (Fsp3) is 0.214. The van der Waals surface area contributed by atoms with Crippen LogP contribution in [0.3, 0.4) is 0 Å². The molecular weight excluding hydrogens is 231 g/mol. The third-order valence-electron chi connectivity index (χ3n) is 2.63.